The minimum atomic E-state index is -0.607. The van der Waals surface area contributed by atoms with E-state index in [4.69, 9.17) is 5.73 Å². The van der Waals surface area contributed by atoms with Crippen LogP contribution in [0.2, 0.25) is 0 Å². The molecule has 8 heteroatoms. The van der Waals surface area contributed by atoms with E-state index in [1.165, 1.54) is 0 Å². The zero-order valence-electron chi connectivity index (χ0n) is 13.0. The first-order valence-electron chi connectivity index (χ1n) is 7.67. The first kappa shape index (κ1) is 15.9. The van der Waals surface area contributed by atoms with E-state index in [1.807, 2.05) is 35.2 Å². The summed E-state index contributed by atoms with van der Waals surface area (Å²) in [6.07, 6.45) is 2.50. The Morgan fingerprint density at radius 1 is 1.25 bits per heavy atom. The van der Waals surface area contributed by atoms with Crippen molar-refractivity contribution in [2.75, 3.05) is 23.7 Å². The first-order valence-corrected chi connectivity index (χ1v) is 7.67. The maximum atomic E-state index is 12.5. The van der Waals surface area contributed by atoms with E-state index in [9.17, 15) is 14.9 Å². The summed E-state index contributed by atoms with van der Waals surface area (Å²) < 4.78 is 0. The molecule has 1 saturated heterocycles. The summed E-state index contributed by atoms with van der Waals surface area (Å²) in [5, 5.41) is 10.8. The van der Waals surface area contributed by atoms with Crippen molar-refractivity contribution in [3.63, 3.8) is 0 Å². The SMILES string of the molecule is Nc1nc(N2CCC(C(=O)c3ccccc3)CC2)ncc1[N+](=O)[O-]. The Hall–Kier alpha value is -3.03. The Morgan fingerprint density at radius 2 is 1.92 bits per heavy atom. The molecule has 0 atom stereocenters. The number of hydrogen-bond donors (Lipinski definition) is 1. The molecule has 2 N–H and O–H groups in total. The predicted molar refractivity (Wildman–Crippen MR) is 88.8 cm³/mol. The molecule has 0 bridgehead atoms. The number of ketones is 1. The third-order valence-corrected chi connectivity index (χ3v) is 4.19. The van der Waals surface area contributed by atoms with Crippen molar-refractivity contribution in [2.24, 2.45) is 5.92 Å². The molecule has 0 unspecified atom stereocenters. The maximum absolute atomic E-state index is 12.5. The highest BCUT2D eigenvalue weighted by Gasteiger charge is 2.27. The summed E-state index contributed by atoms with van der Waals surface area (Å²) in [7, 11) is 0. The second-order valence-corrected chi connectivity index (χ2v) is 5.69. The molecule has 0 saturated carbocycles. The second-order valence-electron chi connectivity index (χ2n) is 5.69. The summed E-state index contributed by atoms with van der Waals surface area (Å²) in [6.45, 7) is 1.22. The van der Waals surface area contributed by atoms with Crippen LogP contribution >= 0.6 is 0 Å². The summed E-state index contributed by atoms with van der Waals surface area (Å²) in [5.41, 5.74) is 6.04. The van der Waals surface area contributed by atoms with Crippen molar-refractivity contribution in [3.05, 3.63) is 52.2 Å². The summed E-state index contributed by atoms with van der Waals surface area (Å²) in [4.78, 5) is 32.6. The molecule has 0 aliphatic carbocycles. The average molecular weight is 327 g/mol. The smallest absolute Gasteiger partial charge is 0.329 e. The molecule has 1 aromatic heterocycles. The van der Waals surface area contributed by atoms with Crippen LogP contribution in [0.4, 0.5) is 17.5 Å². The van der Waals surface area contributed by atoms with Crippen LogP contribution in [0.15, 0.2) is 36.5 Å². The molecule has 0 amide bonds. The molecule has 1 aliphatic rings. The molecular weight excluding hydrogens is 310 g/mol. The van der Waals surface area contributed by atoms with Crippen LogP contribution in [-0.2, 0) is 0 Å². The number of nitrogens with two attached hydrogens (primary N) is 1. The summed E-state index contributed by atoms with van der Waals surface area (Å²) in [5.74, 6) is 0.342. The minimum absolute atomic E-state index is 0.0287. The molecular formula is C16H17N5O3. The second kappa shape index (κ2) is 6.61. The van der Waals surface area contributed by atoms with Crippen LogP contribution in [0.1, 0.15) is 23.2 Å². The van der Waals surface area contributed by atoms with E-state index in [0.29, 0.717) is 31.9 Å². The molecule has 1 aromatic carbocycles. The average Bonchev–Trinajstić information content (AvgIpc) is 2.61. The minimum Gasteiger partial charge on any atom is -0.378 e. The lowest BCUT2D eigenvalue weighted by Gasteiger charge is -2.31. The van der Waals surface area contributed by atoms with Gasteiger partial charge in [0.1, 0.15) is 6.20 Å². The highest BCUT2D eigenvalue weighted by molar-refractivity contribution is 5.97. The number of rotatable bonds is 4. The Morgan fingerprint density at radius 3 is 2.50 bits per heavy atom. The number of nitrogens with zero attached hydrogens (tertiary/aromatic N) is 4. The maximum Gasteiger partial charge on any atom is 0.329 e. The highest BCUT2D eigenvalue weighted by atomic mass is 16.6. The van der Waals surface area contributed by atoms with Crippen molar-refractivity contribution < 1.29 is 9.72 Å². The van der Waals surface area contributed by atoms with Crippen molar-refractivity contribution in [3.8, 4) is 0 Å². The van der Waals surface area contributed by atoms with Gasteiger partial charge in [0.15, 0.2) is 5.78 Å². The number of Topliss-reactive ketones (excluding diaryl/α,β-unsaturated/α-hetero) is 1. The van der Waals surface area contributed by atoms with Gasteiger partial charge in [0.25, 0.3) is 0 Å². The van der Waals surface area contributed by atoms with E-state index in [1.54, 1.807) is 0 Å². The molecule has 1 fully saturated rings. The number of anilines is 2. The van der Waals surface area contributed by atoms with Crippen molar-refractivity contribution in [1.29, 1.82) is 0 Å². The Bertz CT molecular complexity index is 758. The first-order chi connectivity index (χ1) is 11.6. The van der Waals surface area contributed by atoms with Gasteiger partial charge in [0.05, 0.1) is 4.92 Å². The lowest BCUT2D eigenvalue weighted by Crippen LogP contribution is -2.37. The Kier molecular flexibility index (Phi) is 4.37. The van der Waals surface area contributed by atoms with Crippen LogP contribution in [0.3, 0.4) is 0 Å². The third kappa shape index (κ3) is 3.17. The van der Waals surface area contributed by atoms with E-state index < -0.39 is 4.92 Å². The van der Waals surface area contributed by atoms with Crippen LogP contribution in [-0.4, -0.2) is 33.8 Å². The van der Waals surface area contributed by atoms with Gasteiger partial charge in [-0.1, -0.05) is 30.3 Å². The Balaban J connectivity index is 1.66. The van der Waals surface area contributed by atoms with Gasteiger partial charge >= 0.3 is 5.69 Å². The number of benzene rings is 1. The number of nitro groups is 1. The normalized spacial score (nSPS) is 15.2. The van der Waals surface area contributed by atoms with Crippen molar-refractivity contribution in [2.45, 2.75) is 12.8 Å². The van der Waals surface area contributed by atoms with Gasteiger partial charge in [0.2, 0.25) is 11.8 Å². The highest BCUT2D eigenvalue weighted by Crippen LogP contribution is 2.26. The fourth-order valence-corrected chi connectivity index (χ4v) is 2.85. The van der Waals surface area contributed by atoms with Gasteiger partial charge in [-0.3, -0.25) is 14.9 Å². The molecule has 2 aromatic rings. The fraction of sp³-hybridized carbons (Fsp3) is 0.312. The number of nitrogen functional groups attached to an aromatic ring is 1. The van der Waals surface area contributed by atoms with Gasteiger partial charge in [-0.2, -0.15) is 4.98 Å². The van der Waals surface area contributed by atoms with Crippen LogP contribution in [0.5, 0.6) is 0 Å². The zero-order chi connectivity index (χ0) is 17.1. The topological polar surface area (TPSA) is 115 Å². The molecule has 0 spiro atoms. The predicted octanol–water partition coefficient (Wildman–Crippen LogP) is 2.07. The molecule has 8 nitrogen and oxygen atoms in total. The van der Waals surface area contributed by atoms with Crippen LogP contribution in [0, 0.1) is 16.0 Å². The van der Waals surface area contributed by atoms with Crippen LogP contribution in [0.25, 0.3) is 0 Å². The van der Waals surface area contributed by atoms with Gasteiger partial charge < -0.3 is 10.6 Å². The van der Waals surface area contributed by atoms with Crippen molar-refractivity contribution in [1.82, 2.24) is 9.97 Å². The van der Waals surface area contributed by atoms with Gasteiger partial charge in [-0.15, -0.1) is 0 Å². The molecule has 3 rings (SSSR count). The van der Waals surface area contributed by atoms with Crippen LogP contribution < -0.4 is 10.6 Å². The Labute approximate surface area is 138 Å². The van der Waals surface area contributed by atoms with E-state index >= 15 is 0 Å². The summed E-state index contributed by atoms with van der Waals surface area (Å²) in [6, 6.07) is 9.26. The quantitative estimate of drug-likeness (QED) is 0.519. The fourth-order valence-electron chi connectivity index (χ4n) is 2.85. The number of piperidine rings is 1. The lowest BCUT2D eigenvalue weighted by molar-refractivity contribution is -0.384. The van der Waals surface area contributed by atoms with Gasteiger partial charge in [-0.25, -0.2) is 4.98 Å². The van der Waals surface area contributed by atoms with Crippen molar-refractivity contribution >= 4 is 23.2 Å². The lowest BCUT2D eigenvalue weighted by atomic mass is 9.89. The third-order valence-electron chi connectivity index (χ3n) is 4.19. The number of hydrogen-bond acceptors (Lipinski definition) is 7. The van der Waals surface area contributed by atoms with E-state index in [-0.39, 0.29) is 23.2 Å². The number of aromatic nitrogens is 2. The molecule has 2 heterocycles. The number of carbonyl (C=O) groups is 1. The molecule has 1 aliphatic heterocycles. The zero-order valence-corrected chi connectivity index (χ0v) is 13.0. The molecule has 124 valence electrons. The largest absolute Gasteiger partial charge is 0.378 e. The molecule has 0 radical (unpaired) electrons. The van der Waals surface area contributed by atoms with E-state index in [0.717, 1.165) is 11.8 Å². The van der Waals surface area contributed by atoms with E-state index in [2.05, 4.69) is 9.97 Å². The number of carbonyl (C=O) groups excluding carboxylic acids is 1. The summed E-state index contributed by atoms with van der Waals surface area (Å²) >= 11 is 0. The standard InChI is InChI=1S/C16H17N5O3/c17-15-13(21(23)24)10-18-16(19-15)20-8-6-12(7-9-20)14(22)11-4-2-1-3-5-11/h1-5,10,12H,6-9H2,(H2,17,18,19). The van der Waals surface area contributed by atoms with Gasteiger partial charge in [-0.05, 0) is 12.8 Å². The molecule has 24 heavy (non-hydrogen) atoms. The monoisotopic (exact) mass is 327 g/mol. The van der Waals surface area contributed by atoms with Gasteiger partial charge in [0, 0.05) is 24.6 Å².